The minimum absolute atomic E-state index is 0.219. The van der Waals surface area contributed by atoms with E-state index in [0.717, 1.165) is 24.0 Å². The van der Waals surface area contributed by atoms with Crippen molar-refractivity contribution in [1.82, 2.24) is 15.1 Å². The number of carbonyl (C=O) groups excluding carboxylic acids is 1. The molecule has 1 N–H and O–H groups in total. The molecule has 0 atom stereocenters. The van der Waals surface area contributed by atoms with Crippen molar-refractivity contribution in [2.45, 2.75) is 52.3 Å². The molecule has 26 heavy (non-hydrogen) atoms. The van der Waals surface area contributed by atoms with Crippen molar-refractivity contribution in [1.29, 1.82) is 0 Å². The smallest absolute Gasteiger partial charge is 0.350 e. The van der Waals surface area contributed by atoms with Crippen LogP contribution in [-0.4, -0.2) is 22.2 Å². The molecule has 140 valence electrons. The molecule has 3 rings (SSSR count). The summed E-state index contributed by atoms with van der Waals surface area (Å²) >= 11 is 0. The molecule has 7 heteroatoms. The first-order valence-corrected chi connectivity index (χ1v) is 8.78. The lowest BCUT2D eigenvalue weighted by Gasteiger charge is -2.15. The van der Waals surface area contributed by atoms with Crippen LogP contribution in [-0.2, 0) is 25.6 Å². The molecule has 0 saturated heterocycles. The fourth-order valence-corrected chi connectivity index (χ4v) is 3.43. The summed E-state index contributed by atoms with van der Waals surface area (Å²) in [4.78, 5) is 12.3. The number of hydrogen-bond acceptors (Lipinski definition) is 2. The van der Waals surface area contributed by atoms with Crippen molar-refractivity contribution in [3.63, 3.8) is 0 Å². The molecule has 0 unspecified atom stereocenters. The molecule has 1 amide bonds. The van der Waals surface area contributed by atoms with Gasteiger partial charge in [0.2, 0.25) is 0 Å². The number of rotatable bonds is 4. The largest absolute Gasteiger partial charge is 0.435 e. The summed E-state index contributed by atoms with van der Waals surface area (Å²) in [5.41, 5.74) is 2.64. The second-order valence-electron chi connectivity index (χ2n) is 6.78. The van der Waals surface area contributed by atoms with Gasteiger partial charge in [-0.15, -0.1) is 0 Å². The molecule has 0 radical (unpaired) electrons. The van der Waals surface area contributed by atoms with E-state index in [1.54, 1.807) is 0 Å². The first-order chi connectivity index (χ1) is 12.3. The Morgan fingerprint density at radius 2 is 1.96 bits per heavy atom. The van der Waals surface area contributed by atoms with E-state index >= 15 is 0 Å². The molecule has 2 aromatic rings. The lowest BCUT2D eigenvalue weighted by Crippen LogP contribution is -2.28. The summed E-state index contributed by atoms with van der Waals surface area (Å²) in [5.74, 6) is -0.219. The Labute approximate surface area is 150 Å². The second-order valence-corrected chi connectivity index (χ2v) is 6.78. The van der Waals surface area contributed by atoms with Crippen LogP contribution < -0.4 is 5.32 Å². The number of benzene rings is 1. The molecule has 1 aromatic carbocycles. The zero-order chi connectivity index (χ0) is 18.9. The van der Waals surface area contributed by atoms with Crippen LogP contribution in [0.1, 0.15) is 51.3 Å². The second kappa shape index (κ2) is 7.13. The number of aryl methyl sites for hydroxylation is 2. The Kier molecular flexibility index (Phi) is 5.07. The van der Waals surface area contributed by atoms with Gasteiger partial charge in [0, 0.05) is 23.4 Å². The summed E-state index contributed by atoms with van der Waals surface area (Å²) in [6, 6.07) is 5.62. The number of alkyl halides is 3. The Balaban J connectivity index is 1.71. The first kappa shape index (κ1) is 18.5. The van der Waals surface area contributed by atoms with Gasteiger partial charge in [-0.05, 0) is 51.2 Å². The topological polar surface area (TPSA) is 46.9 Å². The summed E-state index contributed by atoms with van der Waals surface area (Å²) < 4.78 is 41.0. The molecule has 0 bridgehead atoms. The Bertz CT molecular complexity index is 824. The Hall–Kier alpha value is -2.31. The predicted octanol–water partition coefficient (Wildman–Crippen LogP) is 3.83. The van der Waals surface area contributed by atoms with E-state index in [4.69, 9.17) is 0 Å². The van der Waals surface area contributed by atoms with Crippen LogP contribution in [0, 0.1) is 13.8 Å². The third-order valence-corrected chi connectivity index (χ3v) is 4.77. The van der Waals surface area contributed by atoms with Crippen LogP contribution >= 0.6 is 0 Å². The van der Waals surface area contributed by atoms with Gasteiger partial charge in [0.05, 0.1) is 6.54 Å². The molecule has 1 aliphatic rings. The fourth-order valence-electron chi connectivity index (χ4n) is 3.43. The summed E-state index contributed by atoms with van der Waals surface area (Å²) in [6.07, 6.45) is -1.80. The number of halogens is 3. The van der Waals surface area contributed by atoms with E-state index in [-0.39, 0.29) is 19.0 Å². The number of carbonyl (C=O) groups is 1. The number of nitrogens with one attached hydrogen (secondary N) is 1. The molecule has 0 saturated carbocycles. The highest BCUT2D eigenvalue weighted by molar-refractivity contribution is 5.95. The van der Waals surface area contributed by atoms with E-state index in [1.165, 1.54) is 4.68 Å². The zero-order valence-corrected chi connectivity index (χ0v) is 14.9. The molecule has 1 aliphatic carbocycles. The van der Waals surface area contributed by atoms with Crippen LogP contribution in [0.5, 0.6) is 0 Å². The van der Waals surface area contributed by atoms with E-state index < -0.39 is 11.9 Å². The van der Waals surface area contributed by atoms with Gasteiger partial charge in [0.25, 0.3) is 5.91 Å². The van der Waals surface area contributed by atoms with Crippen molar-refractivity contribution < 1.29 is 18.0 Å². The van der Waals surface area contributed by atoms with Gasteiger partial charge >= 0.3 is 6.18 Å². The van der Waals surface area contributed by atoms with E-state index in [1.807, 2.05) is 32.0 Å². The zero-order valence-electron chi connectivity index (χ0n) is 14.9. The van der Waals surface area contributed by atoms with Crippen LogP contribution in [0.15, 0.2) is 18.2 Å². The maximum absolute atomic E-state index is 13.2. The fraction of sp³-hybridized carbons (Fsp3) is 0.474. The number of fused-ring (bicyclic) bond motifs is 1. The molecule has 1 heterocycles. The standard InChI is InChI=1S/C19H22F3N3O/c1-12-7-8-13(2)15(11-12)18(26)23-9-10-25-16-6-4-3-5-14(16)17(24-25)19(20,21)22/h7-8,11H,3-6,9-10H2,1-2H3,(H,23,26). The summed E-state index contributed by atoms with van der Waals surface area (Å²) in [6.45, 7) is 4.23. The minimum atomic E-state index is -4.44. The lowest BCUT2D eigenvalue weighted by atomic mass is 9.95. The van der Waals surface area contributed by atoms with Crippen LogP contribution in [0.3, 0.4) is 0 Å². The summed E-state index contributed by atoms with van der Waals surface area (Å²) in [5, 5.41) is 6.59. The van der Waals surface area contributed by atoms with Gasteiger partial charge in [-0.25, -0.2) is 0 Å². The normalized spacial score (nSPS) is 14.2. The quantitative estimate of drug-likeness (QED) is 0.895. The van der Waals surface area contributed by atoms with Crippen LogP contribution in [0.25, 0.3) is 0 Å². The van der Waals surface area contributed by atoms with Gasteiger partial charge in [-0.3, -0.25) is 9.48 Å². The molecule has 0 aliphatic heterocycles. The van der Waals surface area contributed by atoms with Gasteiger partial charge in [-0.2, -0.15) is 18.3 Å². The van der Waals surface area contributed by atoms with Crippen molar-refractivity contribution in [3.05, 3.63) is 51.8 Å². The number of nitrogens with zero attached hydrogens (tertiary/aromatic N) is 2. The van der Waals surface area contributed by atoms with Crippen LogP contribution in [0.2, 0.25) is 0 Å². The minimum Gasteiger partial charge on any atom is -0.350 e. The van der Waals surface area contributed by atoms with Gasteiger partial charge < -0.3 is 5.32 Å². The highest BCUT2D eigenvalue weighted by Gasteiger charge is 2.39. The van der Waals surface area contributed by atoms with Crippen molar-refractivity contribution in [2.75, 3.05) is 6.54 Å². The molecule has 0 fully saturated rings. The van der Waals surface area contributed by atoms with Gasteiger partial charge in [-0.1, -0.05) is 17.7 Å². The number of aromatic nitrogens is 2. The third-order valence-electron chi connectivity index (χ3n) is 4.77. The summed E-state index contributed by atoms with van der Waals surface area (Å²) in [7, 11) is 0. The van der Waals surface area contributed by atoms with Crippen molar-refractivity contribution >= 4 is 5.91 Å². The van der Waals surface area contributed by atoms with Crippen molar-refractivity contribution in [2.24, 2.45) is 0 Å². The monoisotopic (exact) mass is 365 g/mol. The third kappa shape index (κ3) is 3.76. The van der Waals surface area contributed by atoms with Gasteiger partial charge in [0.15, 0.2) is 5.69 Å². The first-order valence-electron chi connectivity index (χ1n) is 8.78. The van der Waals surface area contributed by atoms with Crippen molar-refractivity contribution in [3.8, 4) is 0 Å². The van der Waals surface area contributed by atoms with E-state index in [2.05, 4.69) is 10.4 Å². The number of hydrogen-bond donors (Lipinski definition) is 1. The number of amides is 1. The maximum Gasteiger partial charge on any atom is 0.435 e. The van der Waals surface area contributed by atoms with E-state index in [9.17, 15) is 18.0 Å². The highest BCUT2D eigenvalue weighted by atomic mass is 19.4. The average molecular weight is 365 g/mol. The Morgan fingerprint density at radius 3 is 2.69 bits per heavy atom. The highest BCUT2D eigenvalue weighted by Crippen LogP contribution is 2.35. The molecular formula is C19H22F3N3O. The molecular weight excluding hydrogens is 343 g/mol. The van der Waals surface area contributed by atoms with Crippen LogP contribution in [0.4, 0.5) is 13.2 Å². The lowest BCUT2D eigenvalue weighted by molar-refractivity contribution is -0.142. The average Bonchev–Trinajstić information content (AvgIpc) is 2.96. The predicted molar refractivity (Wildman–Crippen MR) is 92.1 cm³/mol. The SMILES string of the molecule is Cc1ccc(C)c(C(=O)NCCn2nc(C(F)(F)F)c3c2CCCC3)c1. The molecule has 0 spiro atoms. The maximum atomic E-state index is 13.2. The van der Waals surface area contributed by atoms with E-state index in [0.29, 0.717) is 29.7 Å². The Morgan fingerprint density at radius 1 is 1.23 bits per heavy atom. The molecule has 4 nitrogen and oxygen atoms in total. The molecule has 1 aromatic heterocycles. The van der Waals surface area contributed by atoms with Gasteiger partial charge in [0.1, 0.15) is 0 Å².